The topological polar surface area (TPSA) is 195 Å². The smallest absolute Gasteiger partial charge is 0.870 e. The van der Waals surface area contributed by atoms with Crippen LogP contribution in [-0.2, 0) is 29.5 Å². The van der Waals surface area contributed by atoms with Crippen molar-refractivity contribution in [2.45, 2.75) is 0 Å². The van der Waals surface area contributed by atoms with E-state index in [-0.39, 0.29) is 70.7 Å². The van der Waals surface area contributed by atoms with Crippen LogP contribution in [0.4, 0.5) is 0 Å². The van der Waals surface area contributed by atoms with Crippen LogP contribution in [0.25, 0.3) is 0 Å². The van der Waals surface area contributed by atoms with Gasteiger partial charge >= 0.3 is 69.5 Å². The molecule has 0 aliphatic rings. The number of hydrogen-bond donors (Lipinski definition) is 2. The van der Waals surface area contributed by atoms with Crippen molar-refractivity contribution in [2.24, 2.45) is 0 Å². The first-order valence-electron chi connectivity index (χ1n) is 1.52. The van der Waals surface area contributed by atoms with Gasteiger partial charge in [0, 0.05) is 0 Å². The van der Waals surface area contributed by atoms with Gasteiger partial charge in [0.2, 0.25) is 10.4 Å². The van der Waals surface area contributed by atoms with Crippen LogP contribution >= 0.6 is 0 Å². The summed E-state index contributed by atoms with van der Waals surface area (Å²) in [5.74, 6) is 0. The molecule has 78 valence electrons. The van der Waals surface area contributed by atoms with Gasteiger partial charge in [0.25, 0.3) is 0 Å². The summed E-state index contributed by atoms with van der Waals surface area (Å²) in [6.45, 7) is 0. The Morgan fingerprint density at radius 1 is 1.00 bits per heavy atom. The van der Waals surface area contributed by atoms with Gasteiger partial charge < -0.3 is 16.2 Å². The molecule has 5 N–H and O–H groups in total. The van der Waals surface area contributed by atoms with Gasteiger partial charge in [0.05, 0.1) is 0 Å². The average Bonchev–Trinajstić information content (AvgIpc) is 1.57. The Morgan fingerprint density at radius 3 is 1.36 bits per heavy atom. The van der Waals surface area contributed by atoms with Crippen LogP contribution in [0.3, 0.4) is 0 Å². The monoisotopic (exact) mass is 273 g/mol. The predicted octanol–water partition coefficient (Wildman–Crippen LogP) is -7.81. The largest absolute Gasteiger partial charge is 1.00 e. The second kappa shape index (κ2) is 11.2. The molecule has 0 fully saturated rings. The van der Waals surface area contributed by atoms with E-state index in [9.17, 15) is 21.4 Å². The van der Waals surface area contributed by atoms with E-state index in [1.165, 1.54) is 0 Å². The predicted molar refractivity (Wildman–Crippen MR) is 30.4 cm³/mol. The van der Waals surface area contributed by atoms with Crippen LogP contribution in [-0.4, -0.2) is 31.4 Å². The van der Waals surface area contributed by atoms with Crippen molar-refractivity contribution in [1.29, 1.82) is 0 Å². The number of hydrogen-bond acceptors (Lipinski definition) is 9. The maximum absolute atomic E-state index is 9.48. The van der Waals surface area contributed by atoms with Crippen LogP contribution in [0.1, 0.15) is 0 Å². The quantitative estimate of drug-likeness (QED) is 0.164. The van der Waals surface area contributed by atoms with Gasteiger partial charge in [-0.25, -0.2) is 8.42 Å². The van der Waals surface area contributed by atoms with E-state index >= 15 is 0 Å². The van der Waals surface area contributed by atoms with Crippen molar-refractivity contribution in [1.82, 2.24) is 6.15 Å². The summed E-state index contributed by atoms with van der Waals surface area (Å²) in [6.07, 6.45) is 0. The Kier molecular flexibility index (Phi) is 23.6. The van der Waals surface area contributed by atoms with Crippen molar-refractivity contribution >= 4 is 20.8 Å². The van der Waals surface area contributed by atoms with E-state index in [0.717, 1.165) is 0 Å². The minimum atomic E-state index is -5.27. The van der Waals surface area contributed by atoms with Gasteiger partial charge in [-0.15, -0.1) is 0 Å². The summed E-state index contributed by atoms with van der Waals surface area (Å²) < 4.78 is 60.2. The Hall–Kier alpha value is 1.66. The molecule has 14 heteroatoms. The summed E-state index contributed by atoms with van der Waals surface area (Å²) in [5, 5.41) is 0. The third kappa shape index (κ3) is 29.2. The van der Waals surface area contributed by atoms with E-state index < -0.39 is 20.8 Å². The first-order chi connectivity index (χ1) is 4.21. The molecular weight excluding hydrogens is 268 g/mol. The number of rotatable bonds is 3. The molecule has 0 aromatic carbocycles. The van der Waals surface area contributed by atoms with Gasteiger partial charge in [-0.3, -0.25) is 4.55 Å². The first kappa shape index (κ1) is 29.6. The molecule has 0 bridgehead atoms. The molecule has 0 spiro atoms. The fourth-order valence-corrected chi connectivity index (χ4v) is 0.622. The molecule has 0 aromatic heterocycles. The Morgan fingerprint density at radius 2 is 1.29 bits per heavy atom. The van der Waals surface area contributed by atoms with E-state index in [0.29, 0.717) is 0 Å². The molecule has 0 rings (SSSR count). The van der Waals surface area contributed by atoms with E-state index in [1.807, 2.05) is 0 Å². The molecule has 0 amide bonds. The zero-order chi connectivity index (χ0) is 8.41. The fourth-order valence-electron chi connectivity index (χ4n) is 0.0691. The van der Waals surface area contributed by atoms with E-state index in [4.69, 9.17) is 4.55 Å². The molecule has 0 aliphatic carbocycles. The van der Waals surface area contributed by atoms with Crippen LogP contribution in [0.15, 0.2) is 0 Å². The average molecular weight is 273 g/mol. The molecule has 0 unspecified atom stereocenters. The zero-order valence-corrected chi connectivity index (χ0v) is 12.9. The van der Waals surface area contributed by atoms with Crippen molar-refractivity contribution in [2.75, 3.05) is 0 Å². The maximum atomic E-state index is 9.48. The summed E-state index contributed by atoms with van der Waals surface area (Å²) in [6, 6.07) is 0. The second-order valence-corrected chi connectivity index (χ2v) is 2.92. The molecular formula is H5NNa2O9S2. The van der Waals surface area contributed by atoms with Gasteiger partial charge in [-0.05, 0) is 0 Å². The molecule has 0 heterocycles. The molecule has 10 nitrogen and oxygen atoms in total. The van der Waals surface area contributed by atoms with Gasteiger partial charge in [0.1, 0.15) is 0 Å². The van der Waals surface area contributed by atoms with Crippen LogP contribution < -0.4 is 65.3 Å². The van der Waals surface area contributed by atoms with Crippen LogP contribution in [0.5, 0.6) is 0 Å². The van der Waals surface area contributed by atoms with Crippen molar-refractivity contribution in [3.63, 3.8) is 0 Å². The SMILES string of the molecule is N.O=S(=O)([O-])OOS(=O)(=O)O.[Na+].[Na+].[OH-]. The Labute approximate surface area is 125 Å². The summed E-state index contributed by atoms with van der Waals surface area (Å²) in [7, 11) is -10.3. The third-order valence-corrected chi connectivity index (χ3v) is 0.758. The molecule has 0 saturated carbocycles. The van der Waals surface area contributed by atoms with Crippen molar-refractivity contribution in [3.05, 3.63) is 0 Å². The first-order valence-corrected chi connectivity index (χ1v) is 4.21. The fraction of sp³-hybridized carbons (Fsp3) is 0. The van der Waals surface area contributed by atoms with E-state index in [1.54, 1.807) is 0 Å². The standard InChI is InChI=1S/H3N.2Na.H2O8S2.H2O/c;;;1-9(2,3)7-8-10(4,5)6;/h1H3;;;(H,1,2,3)(H,4,5,6);1H2/q;2*+1;;/p-2. The molecule has 14 heavy (non-hydrogen) atoms. The minimum absolute atomic E-state index is 0. The van der Waals surface area contributed by atoms with Gasteiger partial charge in [-0.2, -0.15) is 8.42 Å². The van der Waals surface area contributed by atoms with Crippen LogP contribution in [0, 0.1) is 0 Å². The Balaban J connectivity index is -0.0000000675. The normalized spacial score (nSPS) is 9.57. The Bertz CT molecular complexity index is 257. The molecule has 0 radical (unpaired) electrons. The zero-order valence-electron chi connectivity index (χ0n) is 7.28. The molecule has 0 aromatic rings. The van der Waals surface area contributed by atoms with Gasteiger partial charge in [0.15, 0.2) is 0 Å². The summed E-state index contributed by atoms with van der Waals surface area (Å²) in [5.41, 5.74) is 0. The molecule has 0 aliphatic heterocycles. The van der Waals surface area contributed by atoms with Crippen molar-refractivity contribution < 1.29 is 99.2 Å². The molecule has 0 atom stereocenters. The summed E-state index contributed by atoms with van der Waals surface area (Å²) >= 11 is 0. The van der Waals surface area contributed by atoms with E-state index in [2.05, 4.69) is 8.67 Å². The summed E-state index contributed by atoms with van der Waals surface area (Å²) in [4.78, 5) is 0. The third-order valence-electron chi connectivity index (χ3n) is 0.197. The maximum Gasteiger partial charge on any atom is 1.00 e. The van der Waals surface area contributed by atoms with Crippen molar-refractivity contribution in [3.8, 4) is 0 Å². The second-order valence-electron chi connectivity index (χ2n) is 0.972. The minimum Gasteiger partial charge on any atom is -0.870 e. The molecule has 0 saturated heterocycles. The van der Waals surface area contributed by atoms with Gasteiger partial charge in [-0.1, -0.05) is 8.67 Å². The van der Waals surface area contributed by atoms with Crippen LogP contribution in [0.2, 0.25) is 0 Å².